The van der Waals surface area contributed by atoms with E-state index in [1.807, 2.05) is 0 Å². The number of thiophene rings is 1. The molecular weight excluding hydrogens is 284 g/mol. The standard InChI is InChI=1S/C16H24N2O2S/c1-17(2)15(19)14-3-5-16(20-14)6-8-18(9-7-16)11-13-4-10-21-12-13/h4,10,12,14H,3,5-9,11H2,1-2H3. The summed E-state index contributed by atoms with van der Waals surface area (Å²) < 4.78 is 6.18. The minimum absolute atomic E-state index is 0.0402. The summed E-state index contributed by atoms with van der Waals surface area (Å²) in [5, 5.41) is 4.36. The number of carbonyl (C=O) groups is 1. The maximum atomic E-state index is 12.0. The molecule has 2 aliphatic rings. The molecular formula is C16H24N2O2S. The van der Waals surface area contributed by atoms with E-state index in [0.717, 1.165) is 45.3 Å². The molecule has 5 heteroatoms. The molecule has 0 bridgehead atoms. The predicted octanol–water partition coefficient (Wildman–Crippen LogP) is 2.35. The van der Waals surface area contributed by atoms with Crippen LogP contribution in [0.25, 0.3) is 0 Å². The van der Waals surface area contributed by atoms with Gasteiger partial charge in [-0.3, -0.25) is 9.69 Å². The van der Waals surface area contributed by atoms with E-state index >= 15 is 0 Å². The molecule has 21 heavy (non-hydrogen) atoms. The van der Waals surface area contributed by atoms with Crippen molar-refractivity contribution in [2.45, 2.75) is 43.9 Å². The minimum atomic E-state index is -0.219. The number of carbonyl (C=O) groups excluding carboxylic acids is 1. The maximum absolute atomic E-state index is 12.0. The van der Waals surface area contributed by atoms with Crippen molar-refractivity contribution in [2.75, 3.05) is 27.2 Å². The number of likely N-dealkylation sites (N-methyl/N-ethyl adjacent to an activating group) is 1. The van der Waals surface area contributed by atoms with Gasteiger partial charge in [-0.15, -0.1) is 0 Å². The molecule has 2 saturated heterocycles. The van der Waals surface area contributed by atoms with Crippen LogP contribution < -0.4 is 0 Å². The number of rotatable bonds is 3. The van der Waals surface area contributed by atoms with Gasteiger partial charge >= 0.3 is 0 Å². The molecule has 1 aromatic rings. The molecule has 3 rings (SSSR count). The summed E-state index contributed by atoms with van der Waals surface area (Å²) in [6.45, 7) is 3.18. The fourth-order valence-electron chi connectivity index (χ4n) is 3.40. The first-order chi connectivity index (χ1) is 10.1. The predicted molar refractivity (Wildman–Crippen MR) is 84.4 cm³/mol. The van der Waals surface area contributed by atoms with Crippen LogP contribution in [0.15, 0.2) is 16.8 Å². The number of amides is 1. The van der Waals surface area contributed by atoms with E-state index in [4.69, 9.17) is 4.74 Å². The second-order valence-corrected chi connectivity index (χ2v) is 7.25. The van der Waals surface area contributed by atoms with Crippen LogP contribution in [0.5, 0.6) is 0 Å². The lowest BCUT2D eigenvalue weighted by atomic mass is 9.88. The van der Waals surface area contributed by atoms with Crippen LogP contribution >= 0.6 is 11.3 Å². The van der Waals surface area contributed by atoms with Crippen molar-refractivity contribution in [3.63, 3.8) is 0 Å². The van der Waals surface area contributed by atoms with Gasteiger partial charge in [0.15, 0.2) is 0 Å². The molecule has 0 radical (unpaired) electrons. The van der Waals surface area contributed by atoms with Gasteiger partial charge in [0.05, 0.1) is 5.60 Å². The third-order valence-electron chi connectivity index (χ3n) is 4.72. The number of ether oxygens (including phenoxy) is 1. The van der Waals surface area contributed by atoms with Crippen molar-refractivity contribution in [3.8, 4) is 0 Å². The van der Waals surface area contributed by atoms with Crippen LogP contribution in [0.3, 0.4) is 0 Å². The quantitative estimate of drug-likeness (QED) is 0.859. The number of likely N-dealkylation sites (tertiary alicyclic amines) is 1. The first kappa shape index (κ1) is 15.0. The van der Waals surface area contributed by atoms with E-state index in [1.54, 1.807) is 30.3 Å². The monoisotopic (exact) mass is 308 g/mol. The summed E-state index contributed by atoms with van der Waals surface area (Å²) in [4.78, 5) is 16.2. The second kappa shape index (κ2) is 6.07. The molecule has 0 N–H and O–H groups in total. The average Bonchev–Trinajstić information content (AvgIpc) is 3.11. The van der Waals surface area contributed by atoms with Crippen LogP contribution in [-0.4, -0.2) is 54.6 Å². The maximum Gasteiger partial charge on any atom is 0.251 e. The highest BCUT2D eigenvalue weighted by atomic mass is 32.1. The van der Waals surface area contributed by atoms with E-state index in [2.05, 4.69) is 21.7 Å². The van der Waals surface area contributed by atoms with Gasteiger partial charge in [-0.1, -0.05) is 0 Å². The third kappa shape index (κ3) is 3.30. The Morgan fingerprint density at radius 2 is 2.19 bits per heavy atom. The molecule has 3 heterocycles. The fraction of sp³-hybridized carbons (Fsp3) is 0.688. The molecule has 4 nitrogen and oxygen atoms in total. The Kier molecular flexibility index (Phi) is 4.33. The minimum Gasteiger partial charge on any atom is -0.362 e. The third-order valence-corrected chi connectivity index (χ3v) is 5.46. The van der Waals surface area contributed by atoms with Crippen molar-refractivity contribution < 1.29 is 9.53 Å². The fourth-order valence-corrected chi connectivity index (χ4v) is 4.06. The normalized spacial score (nSPS) is 25.3. The first-order valence-corrected chi connectivity index (χ1v) is 8.65. The second-order valence-electron chi connectivity index (χ2n) is 6.47. The Morgan fingerprint density at radius 1 is 1.43 bits per heavy atom. The molecule has 1 aromatic heterocycles. The van der Waals surface area contributed by atoms with Crippen LogP contribution in [0.1, 0.15) is 31.2 Å². The Morgan fingerprint density at radius 3 is 2.81 bits per heavy atom. The summed E-state index contributed by atoms with van der Waals surface area (Å²) in [5.74, 6) is 0.118. The first-order valence-electron chi connectivity index (χ1n) is 7.70. The van der Waals surface area contributed by atoms with E-state index < -0.39 is 0 Å². The van der Waals surface area contributed by atoms with Crippen molar-refractivity contribution in [2.24, 2.45) is 0 Å². The van der Waals surface area contributed by atoms with Gasteiger partial charge in [0.2, 0.25) is 0 Å². The molecule has 0 saturated carbocycles. The lowest BCUT2D eigenvalue weighted by molar-refractivity contribution is -0.148. The Balaban J connectivity index is 1.52. The number of hydrogen-bond donors (Lipinski definition) is 0. The SMILES string of the molecule is CN(C)C(=O)C1CCC2(CCN(Cc3ccsc3)CC2)O1. The van der Waals surface area contributed by atoms with Crippen LogP contribution in [-0.2, 0) is 16.1 Å². The van der Waals surface area contributed by atoms with Gasteiger partial charge < -0.3 is 9.64 Å². The van der Waals surface area contributed by atoms with Crippen molar-refractivity contribution in [1.29, 1.82) is 0 Å². The molecule has 0 aliphatic carbocycles. The molecule has 116 valence electrons. The van der Waals surface area contributed by atoms with Crippen LogP contribution in [0.4, 0.5) is 0 Å². The smallest absolute Gasteiger partial charge is 0.251 e. The lowest BCUT2D eigenvalue weighted by Gasteiger charge is -2.39. The zero-order valence-electron chi connectivity index (χ0n) is 12.9. The molecule has 1 atom stereocenters. The van der Waals surface area contributed by atoms with Gasteiger partial charge in [-0.25, -0.2) is 0 Å². The highest BCUT2D eigenvalue weighted by molar-refractivity contribution is 7.07. The summed E-state index contributed by atoms with van der Waals surface area (Å²) in [6, 6.07) is 2.20. The van der Waals surface area contributed by atoms with Gasteiger partial charge in [-0.05, 0) is 48.1 Å². The number of nitrogens with zero attached hydrogens (tertiary/aromatic N) is 2. The average molecular weight is 308 g/mol. The topological polar surface area (TPSA) is 32.8 Å². The molecule has 2 fully saturated rings. The van der Waals surface area contributed by atoms with Gasteiger partial charge in [0.1, 0.15) is 6.10 Å². The van der Waals surface area contributed by atoms with Crippen LogP contribution in [0, 0.1) is 0 Å². The zero-order chi connectivity index (χ0) is 14.9. The number of piperidine rings is 1. The molecule has 2 aliphatic heterocycles. The Bertz CT molecular complexity index is 478. The van der Waals surface area contributed by atoms with Crippen molar-refractivity contribution >= 4 is 17.2 Å². The van der Waals surface area contributed by atoms with Gasteiger partial charge in [0, 0.05) is 33.7 Å². The highest BCUT2D eigenvalue weighted by Crippen LogP contribution is 2.39. The van der Waals surface area contributed by atoms with Gasteiger partial charge in [-0.2, -0.15) is 11.3 Å². The summed E-state index contributed by atoms with van der Waals surface area (Å²) in [5.41, 5.74) is 1.37. The number of hydrogen-bond acceptors (Lipinski definition) is 4. The molecule has 0 aromatic carbocycles. The van der Waals surface area contributed by atoms with Gasteiger partial charge in [0.25, 0.3) is 5.91 Å². The summed E-state index contributed by atoms with van der Waals surface area (Å²) >= 11 is 1.76. The summed E-state index contributed by atoms with van der Waals surface area (Å²) in [7, 11) is 3.61. The Hall–Kier alpha value is -0.910. The van der Waals surface area contributed by atoms with E-state index in [-0.39, 0.29) is 17.6 Å². The zero-order valence-corrected chi connectivity index (χ0v) is 13.7. The molecule has 1 unspecified atom stereocenters. The van der Waals surface area contributed by atoms with E-state index in [0.29, 0.717) is 0 Å². The van der Waals surface area contributed by atoms with Crippen molar-refractivity contribution in [3.05, 3.63) is 22.4 Å². The Labute approximate surface area is 130 Å². The largest absolute Gasteiger partial charge is 0.362 e. The molecule has 1 amide bonds. The highest BCUT2D eigenvalue weighted by Gasteiger charge is 2.44. The van der Waals surface area contributed by atoms with E-state index in [9.17, 15) is 4.79 Å². The van der Waals surface area contributed by atoms with Crippen molar-refractivity contribution in [1.82, 2.24) is 9.80 Å². The summed E-state index contributed by atoms with van der Waals surface area (Å²) in [6.07, 6.45) is 3.79. The van der Waals surface area contributed by atoms with Crippen LogP contribution in [0.2, 0.25) is 0 Å². The lowest BCUT2D eigenvalue weighted by Crippen LogP contribution is -2.45. The van der Waals surface area contributed by atoms with E-state index in [1.165, 1.54) is 5.56 Å². The molecule has 1 spiro atoms.